The van der Waals surface area contributed by atoms with E-state index in [1.54, 1.807) is 6.08 Å². The normalized spacial score (nSPS) is 14.0. The largest absolute Gasteiger partial charge is 0.494 e. The van der Waals surface area contributed by atoms with Gasteiger partial charge in [-0.2, -0.15) is 0 Å². The number of ether oxygens (including phenoxy) is 1. The van der Waals surface area contributed by atoms with Crippen LogP contribution >= 0.6 is 0 Å². The first-order valence-corrected chi connectivity index (χ1v) is 7.15. The summed E-state index contributed by atoms with van der Waals surface area (Å²) in [5, 5.41) is 5.36. The maximum atomic E-state index is 11.6. The fourth-order valence-corrected chi connectivity index (χ4v) is 1.75. The standard InChI is InChI=1S/C16H20N2O3/c1-2-21-14-8-3-12(4-9-14)5-10-15(19)17-11-16(20)18-13-6-7-13/h3-5,8-10,13H,2,6-7,11H2,1H3,(H,17,19)(H,18,20)/b10-5+. The van der Waals surface area contributed by atoms with Crippen molar-refractivity contribution in [2.45, 2.75) is 25.8 Å². The highest BCUT2D eigenvalue weighted by molar-refractivity contribution is 5.94. The molecule has 5 nitrogen and oxygen atoms in total. The Morgan fingerprint density at radius 2 is 2.00 bits per heavy atom. The summed E-state index contributed by atoms with van der Waals surface area (Å²) in [6.07, 6.45) is 5.19. The Balaban J connectivity index is 1.74. The summed E-state index contributed by atoms with van der Waals surface area (Å²) in [5.74, 6) is 0.381. The van der Waals surface area contributed by atoms with Gasteiger partial charge < -0.3 is 15.4 Å². The Morgan fingerprint density at radius 1 is 1.29 bits per heavy atom. The first-order valence-electron chi connectivity index (χ1n) is 7.15. The number of hydrogen-bond donors (Lipinski definition) is 2. The molecule has 1 aliphatic carbocycles. The minimum atomic E-state index is -0.283. The number of hydrogen-bond acceptors (Lipinski definition) is 3. The molecule has 0 heterocycles. The Bertz CT molecular complexity index is 519. The Labute approximate surface area is 124 Å². The van der Waals surface area contributed by atoms with Gasteiger partial charge in [-0.1, -0.05) is 12.1 Å². The van der Waals surface area contributed by atoms with Gasteiger partial charge in [-0.3, -0.25) is 9.59 Å². The molecule has 2 amide bonds. The van der Waals surface area contributed by atoms with E-state index < -0.39 is 0 Å². The van der Waals surface area contributed by atoms with E-state index in [9.17, 15) is 9.59 Å². The highest BCUT2D eigenvalue weighted by Gasteiger charge is 2.22. The van der Waals surface area contributed by atoms with Gasteiger partial charge in [0.15, 0.2) is 0 Å². The zero-order valence-electron chi connectivity index (χ0n) is 12.1. The molecule has 1 fully saturated rings. The van der Waals surface area contributed by atoms with Crippen molar-refractivity contribution in [3.63, 3.8) is 0 Å². The lowest BCUT2D eigenvalue weighted by Crippen LogP contribution is -2.37. The quantitative estimate of drug-likeness (QED) is 0.747. The zero-order chi connectivity index (χ0) is 15.1. The highest BCUT2D eigenvalue weighted by atomic mass is 16.5. The maximum absolute atomic E-state index is 11.6. The molecule has 0 radical (unpaired) electrons. The zero-order valence-corrected chi connectivity index (χ0v) is 12.1. The molecule has 0 bridgehead atoms. The van der Waals surface area contributed by atoms with Gasteiger partial charge in [0.05, 0.1) is 13.2 Å². The molecule has 1 aromatic carbocycles. The lowest BCUT2D eigenvalue weighted by molar-refractivity contribution is -0.124. The average molecular weight is 288 g/mol. The third-order valence-corrected chi connectivity index (χ3v) is 2.98. The van der Waals surface area contributed by atoms with Gasteiger partial charge >= 0.3 is 0 Å². The summed E-state index contributed by atoms with van der Waals surface area (Å²) in [6.45, 7) is 2.57. The van der Waals surface area contributed by atoms with Gasteiger partial charge in [0, 0.05) is 12.1 Å². The third kappa shape index (κ3) is 5.69. The van der Waals surface area contributed by atoms with Crippen molar-refractivity contribution >= 4 is 17.9 Å². The molecule has 0 spiro atoms. The van der Waals surface area contributed by atoms with E-state index in [1.165, 1.54) is 6.08 Å². The van der Waals surface area contributed by atoms with Crippen LogP contribution < -0.4 is 15.4 Å². The predicted octanol–water partition coefficient (Wildman–Crippen LogP) is 1.49. The number of rotatable bonds is 7. The van der Waals surface area contributed by atoms with Gasteiger partial charge in [0.25, 0.3) is 0 Å². The van der Waals surface area contributed by atoms with Gasteiger partial charge in [0.2, 0.25) is 11.8 Å². The molecule has 2 N–H and O–H groups in total. The third-order valence-electron chi connectivity index (χ3n) is 2.98. The molecule has 0 aliphatic heterocycles. The van der Waals surface area contributed by atoms with Crippen molar-refractivity contribution in [1.82, 2.24) is 10.6 Å². The molecule has 1 saturated carbocycles. The maximum Gasteiger partial charge on any atom is 0.244 e. The van der Waals surface area contributed by atoms with Crippen molar-refractivity contribution in [2.75, 3.05) is 13.2 Å². The van der Waals surface area contributed by atoms with E-state index in [4.69, 9.17) is 4.74 Å². The SMILES string of the molecule is CCOc1ccc(/C=C/C(=O)NCC(=O)NC2CC2)cc1. The van der Waals surface area contributed by atoms with Crippen molar-refractivity contribution < 1.29 is 14.3 Å². The summed E-state index contributed by atoms with van der Waals surface area (Å²) < 4.78 is 5.34. The van der Waals surface area contributed by atoms with E-state index in [0.717, 1.165) is 24.2 Å². The van der Waals surface area contributed by atoms with E-state index in [1.807, 2.05) is 31.2 Å². The smallest absolute Gasteiger partial charge is 0.244 e. The lowest BCUT2D eigenvalue weighted by atomic mass is 10.2. The van der Waals surface area contributed by atoms with E-state index in [0.29, 0.717) is 12.6 Å². The van der Waals surface area contributed by atoms with Gasteiger partial charge in [-0.25, -0.2) is 0 Å². The number of nitrogens with one attached hydrogen (secondary N) is 2. The van der Waals surface area contributed by atoms with E-state index in [2.05, 4.69) is 10.6 Å². The first kappa shape index (κ1) is 15.1. The minimum Gasteiger partial charge on any atom is -0.494 e. The molecular weight excluding hydrogens is 268 g/mol. The van der Waals surface area contributed by atoms with Crippen LogP contribution in [0.4, 0.5) is 0 Å². The van der Waals surface area contributed by atoms with Crippen LogP contribution in [0.15, 0.2) is 30.3 Å². The Kier molecular flexibility index (Phi) is 5.37. The van der Waals surface area contributed by atoms with Crippen LogP contribution in [0.3, 0.4) is 0 Å². The molecule has 1 aromatic rings. The number of amides is 2. The molecule has 5 heteroatoms. The van der Waals surface area contributed by atoms with Crippen molar-refractivity contribution in [1.29, 1.82) is 0 Å². The highest BCUT2D eigenvalue weighted by Crippen LogP contribution is 2.18. The van der Waals surface area contributed by atoms with Crippen LogP contribution in [0.5, 0.6) is 5.75 Å². The minimum absolute atomic E-state index is 0.0168. The summed E-state index contributed by atoms with van der Waals surface area (Å²) in [4.78, 5) is 23.0. The van der Waals surface area contributed by atoms with Crippen molar-refractivity contribution in [3.8, 4) is 5.75 Å². The molecule has 0 aromatic heterocycles. The summed E-state index contributed by atoms with van der Waals surface area (Å²) in [5.41, 5.74) is 0.899. The van der Waals surface area contributed by atoms with Crippen LogP contribution in [-0.4, -0.2) is 31.0 Å². The van der Waals surface area contributed by atoms with E-state index in [-0.39, 0.29) is 18.4 Å². The topological polar surface area (TPSA) is 67.4 Å². The monoisotopic (exact) mass is 288 g/mol. The molecular formula is C16H20N2O3. The second-order valence-electron chi connectivity index (χ2n) is 4.89. The molecule has 0 atom stereocenters. The van der Waals surface area contributed by atoms with Gasteiger partial charge in [-0.05, 0) is 43.5 Å². The van der Waals surface area contributed by atoms with Gasteiger partial charge in [-0.15, -0.1) is 0 Å². The second-order valence-corrected chi connectivity index (χ2v) is 4.89. The number of carbonyl (C=O) groups is 2. The molecule has 112 valence electrons. The van der Waals surface area contributed by atoms with Crippen LogP contribution in [0, 0.1) is 0 Å². The molecule has 2 rings (SSSR count). The van der Waals surface area contributed by atoms with Crippen LogP contribution in [0.1, 0.15) is 25.3 Å². The summed E-state index contributed by atoms with van der Waals surface area (Å²) >= 11 is 0. The van der Waals surface area contributed by atoms with Crippen molar-refractivity contribution in [2.24, 2.45) is 0 Å². The average Bonchev–Trinajstić information content (AvgIpc) is 3.28. The summed E-state index contributed by atoms with van der Waals surface area (Å²) in [6, 6.07) is 7.76. The molecule has 0 unspecified atom stereocenters. The van der Waals surface area contributed by atoms with Crippen molar-refractivity contribution in [3.05, 3.63) is 35.9 Å². The fourth-order valence-electron chi connectivity index (χ4n) is 1.75. The number of carbonyl (C=O) groups excluding carboxylic acids is 2. The Hall–Kier alpha value is -2.30. The predicted molar refractivity (Wildman–Crippen MR) is 80.8 cm³/mol. The van der Waals surface area contributed by atoms with Crippen LogP contribution in [0.2, 0.25) is 0 Å². The van der Waals surface area contributed by atoms with Crippen LogP contribution in [-0.2, 0) is 9.59 Å². The Morgan fingerprint density at radius 3 is 2.62 bits per heavy atom. The van der Waals surface area contributed by atoms with E-state index >= 15 is 0 Å². The lowest BCUT2D eigenvalue weighted by Gasteiger charge is -2.04. The molecule has 21 heavy (non-hydrogen) atoms. The van der Waals surface area contributed by atoms with Gasteiger partial charge in [0.1, 0.15) is 5.75 Å². The first-order chi connectivity index (χ1) is 10.2. The van der Waals surface area contributed by atoms with Crippen LogP contribution in [0.25, 0.3) is 6.08 Å². The molecule has 1 aliphatic rings. The fraction of sp³-hybridized carbons (Fsp3) is 0.375. The summed E-state index contributed by atoms with van der Waals surface area (Å²) in [7, 11) is 0. The molecule has 0 saturated heterocycles. The second kappa shape index (κ2) is 7.47. The number of benzene rings is 1.